The molecule has 8 heteroatoms. The summed E-state index contributed by atoms with van der Waals surface area (Å²) in [5, 5.41) is 20.9. The topological polar surface area (TPSA) is 108 Å². The number of hydrogen-bond acceptors (Lipinski definition) is 5. The highest BCUT2D eigenvalue weighted by Gasteiger charge is 2.25. The number of ether oxygens (including phenoxy) is 1. The van der Waals surface area contributed by atoms with Crippen LogP contribution in [0.5, 0.6) is 5.75 Å². The number of Topliss-reactive ketones (excluding diaryl/α,β-unsaturated/α-hetero) is 1. The van der Waals surface area contributed by atoms with E-state index in [1.54, 1.807) is 6.20 Å². The number of benzene rings is 3. The van der Waals surface area contributed by atoms with Gasteiger partial charge < -0.3 is 10.1 Å². The summed E-state index contributed by atoms with van der Waals surface area (Å²) < 4.78 is 18.8. The molecule has 1 aliphatic rings. The second-order valence-electron chi connectivity index (χ2n) is 9.20. The van der Waals surface area contributed by atoms with Crippen molar-refractivity contribution in [2.45, 2.75) is 38.1 Å². The third kappa shape index (κ3) is 4.81. The van der Waals surface area contributed by atoms with Crippen molar-refractivity contribution in [2.24, 2.45) is 0 Å². The largest absolute Gasteiger partial charge is 0.496 e. The summed E-state index contributed by atoms with van der Waals surface area (Å²) in [5.74, 6) is -0.124. The molecule has 1 aliphatic carbocycles. The van der Waals surface area contributed by atoms with Crippen LogP contribution in [0.1, 0.15) is 58.6 Å². The van der Waals surface area contributed by atoms with E-state index in [-0.39, 0.29) is 18.0 Å². The smallest absolute Gasteiger partial charge is 0.255 e. The maximum Gasteiger partial charge on any atom is 0.255 e. The number of carbonyl (C=O) groups is 2. The number of nitrogens with zero attached hydrogens (tertiary/aromatic N) is 2. The molecule has 3 aromatic carbocycles. The van der Waals surface area contributed by atoms with Gasteiger partial charge in [-0.2, -0.15) is 10.4 Å². The lowest BCUT2D eigenvalue weighted by molar-refractivity contribution is -0.120. The van der Waals surface area contributed by atoms with Gasteiger partial charge in [0.25, 0.3) is 5.91 Å². The zero-order valence-electron chi connectivity index (χ0n) is 20.3. The number of aromatic nitrogens is 2. The van der Waals surface area contributed by atoms with Crippen molar-refractivity contribution in [3.8, 4) is 22.9 Å². The lowest BCUT2D eigenvalue weighted by Crippen LogP contribution is -2.23. The molecule has 0 spiro atoms. The first-order valence-electron chi connectivity index (χ1n) is 12.1. The quantitative estimate of drug-likeness (QED) is 0.371. The molecule has 1 amide bonds. The highest BCUT2D eigenvalue weighted by atomic mass is 19.1. The van der Waals surface area contributed by atoms with Gasteiger partial charge in [-0.05, 0) is 59.7 Å². The number of carbonyl (C=O) groups excluding carboxylic acids is 2. The Labute approximate surface area is 213 Å². The molecule has 186 valence electrons. The van der Waals surface area contributed by atoms with Gasteiger partial charge >= 0.3 is 0 Å². The third-order valence-electron chi connectivity index (χ3n) is 6.99. The molecule has 0 unspecified atom stereocenters. The fourth-order valence-corrected chi connectivity index (χ4v) is 5.01. The van der Waals surface area contributed by atoms with Gasteiger partial charge in [0.05, 0.1) is 30.0 Å². The van der Waals surface area contributed by atoms with E-state index in [0.717, 1.165) is 46.5 Å². The Balaban J connectivity index is 1.40. The van der Waals surface area contributed by atoms with Gasteiger partial charge in [-0.15, -0.1) is 0 Å². The average molecular weight is 497 g/mol. The minimum atomic E-state index is -0.517. The van der Waals surface area contributed by atoms with Crippen molar-refractivity contribution in [1.29, 1.82) is 5.26 Å². The zero-order chi connectivity index (χ0) is 25.9. The molecular weight excluding hydrogens is 471 g/mol. The first kappa shape index (κ1) is 24.2. The molecule has 1 heterocycles. The number of amides is 1. The normalized spacial score (nSPS) is 13.9. The predicted molar refractivity (Wildman–Crippen MR) is 137 cm³/mol. The number of hydrogen-bond donors (Lipinski definition) is 2. The Morgan fingerprint density at radius 1 is 1.19 bits per heavy atom. The number of ketones is 1. The molecule has 0 atom stereocenters. The average Bonchev–Trinajstić information content (AvgIpc) is 3.41. The third-order valence-corrected chi connectivity index (χ3v) is 6.99. The van der Waals surface area contributed by atoms with E-state index in [1.807, 2.05) is 24.3 Å². The number of rotatable bonds is 6. The van der Waals surface area contributed by atoms with Gasteiger partial charge in [-0.3, -0.25) is 14.7 Å². The monoisotopic (exact) mass is 496 g/mol. The summed E-state index contributed by atoms with van der Waals surface area (Å²) >= 11 is 0. The first-order chi connectivity index (χ1) is 18.0. The summed E-state index contributed by atoms with van der Waals surface area (Å²) in [6.45, 7) is 0.241. The molecule has 1 fully saturated rings. The molecule has 1 saturated carbocycles. The van der Waals surface area contributed by atoms with Crippen molar-refractivity contribution in [2.75, 3.05) is 7.11 Å². The van der Waals surface area contributed by atoms with Gasteiger partial charge in [0.15, 0.2) is 0 Å². The van der Waals surface area contributed by atoms with E-state index >= 15 is 0 Å². The van der Waals surface area contributed by atoms with Crippen molar-refractivity contribution in [3.05, 3.63) is 82.8 Å². The zero-order valence-corrected chi connectivity index (χ0v) is 20.3. The van der Waals surface area contributed by atoms with Crippen molar-refractivity contribution in [3.63, 3.8) is 0 Å². The van der Waals surface area contributed by atoms with Crippen LogP contribution in [0, 0.1) is 17.1 Å². The highest BCUT2D eigenvalue weighted by Crippen LogP contribution is 2.39. The van der Waals surface area contributed by atoms with Crippen LogP contribution < -0.4 is 10.1 Å². The van der Waals surface area contributed by atoms with Gasteiger partial charge in [0.1, 0.15) is 23.4 Å². The molecule has 37 heavy (non-hydrogen) atoms. The SMILES string of the molecule is COc1ccc(F)cc1C(=O)NCc1ccc(-c2cc(C3CCC(=O)CC3)c3cn[nH]c3c2C#N)cc1. The van der Waals surface area contributed by atoms with E-state index in [1.165, 1.54) is 19.2 Å². The Bertz CT molecular complexity index is 1530. The number of fused-ring (bicyclic) bond motifs is 1. The fourth-order valence-electron chi connectivity index (χ4n) is 5.01. The molecule has 0 radical (unpaired) electrons. The number of nitriles is 1. The van der Waals surface area contributed by atoms with Crippen LogP contribution in [0.15, 0.2) is 54.7 Å². The molecule has 0 aliphatic heterocycles. The number of aromatic amines is 1. The summed E-state index contributed by atoms with van der Waals surface area (Å²) in [5.41, 5.74) is 4.96. The van der Waals surface area contributed by atoms with Crippen LogP contribution in [0.4, 0.5) is 4.39 Å². The fraction of sp³-hybridized carbons (Fsp3) is 0.241. The number of H-pyrrole nitrogens is 1. The lowest BCUT2D eigenvalue weighted by atomic mass is 9.80. The number of methoxy groups -OCH3 is 1. The van der Waals surface area contributed by atoms with Crippen molar-refractivity contribution >= 4 is 22.6 Å². The Hall–Kier alpha value is -4.51. The summed E-state index contributed by atoms with van der Waals surface area (Å²) in [4.78, 5) is 24.4. The highest BCUT2D eigenvalue weighted by molar-refractivity contribution is 5.97. The van der Waals surface area contributed by atoms with Crippen LogP contribution in [-0.2, 0) is 11.3 Å². The van der Waals surface area contributed by atoms with E-state index < -0.39 is 11.7 Å². The summed E-state index contributed by atoms with van der Waals surface area (Å²) in [6.07, 6.45) is 4.48. The number of nitrogens with one attached hydrogen (secondary N) is 2. The molecule has 7 nitrogen and oxygen atoms in total. The minimum absolute atomic E-state index is 0.127. The molecule has 5 rings (SSSR count). The molecule has 2 N–H and O–H groups in total. The van der Waals surface area contributed by atoms with E-state index in [2.05, 4.69) is 27.6 Å². The second-order valence-corrected chi connectivity index (χ2v) is 9.20. The lowest BCUT2D eigenvalue weighted by Gasteiger charge is -2.23. The summed E-state index contributed by atoms with van der Waals surface area (Å²) in [6, 6.07) is 15.8. The van der Waals surface area contributed by atoms with Crippen LogP contribution in [0.25, 0.3) is 22.0 Å². The molecular formula is C29H25FN4O3. The Kier molecular flexibility index (Phi) is 6.69. The molecule has 0 bridgehead atoms. The molecule has 1 aromatic heterocycles. The maximum absolute atomic E-state index is 13.6. The van der Waals surface area contributed by atoms with Crippen LogP contribution in [0.2, 0.25) is 0 Å². The van der Waals surface area contributed by atoms with E-state index in [0.29, 0.717) is 35.5 Å². The van der Waals surface area contributed by atoms with Crippen molar-refractivity contribution < 1.29 is 18.7 Å². The Morgan fingerprint density at radius 3 is 2.65 bits per heavy atom. The van der Waals surface area contributed by atoms with Gasteiger partial charge in [-0.25, -0.2) is 4.39 Å². The Morgan fingerprint density at radius 2 is 1.95 bits per heavy atom. The maximum atomic E-state index is 13.6. The van der Waals surface area contributed by atoms with Crippen molar-refractivity contribution in [1.82, 2.24) is 15.5 Å². The molecule has 0 saturated heterocycles. The van der Waals surface area contributed by atoms with Gasteiger partial charge in [-0.1, -0.05) is 24.3 Å². The summed E-state index contributed by atoms with van der Waals surface area (Å²) in [7, 11) is 1.43. The van der Waals surface area contributed by atoms with Crippen LogP contribution in [0.3, 0.4) is 0 Å². The van der Waals surface area contributed by atoms with E-state index in [4.69, 9.17) is 4.74 Å². The van der Waals surface area contributed by atoms with Gasteiger partial charge in [0.2, 0.25) is 0 Å². The van der Waals surface area contributed by atoms with Crippen LogP contribution in [-0.4, -0.2) is 29.0 Å². The van der Waals surface area contributed by atoms with E-state index in [9.17, 15) is 19.2 Å². The predicted octanol–water partition coefficient (Wildman–Crippen LogP) is 5.41. The van der Waals surface area contributed by atoms with Gasteiger partial charge in [0, 0.05) is 30.3 Å². The van der Waals surface area contributed by atoms with Crippen LogP contribution >= 0.6 is 0 Å². The number of halogens is 1. The standard InChI is InChI=1S/C29H25FN4O3/c1-37-27-11-8-20(30)12-24(27)29(36)32-15-17-2-4-18(5-3-17)22-13-23(19-6-9-21(35)10-7-19)26-16-33-34-28(26)25(22)14-31/h2-5,8,11-13,16,19H,6-7,9-10,15H2,1H3,(H,32,36)(H,33,34). The first-order valence-corrected chi connectivity index (χ1v) is 12.1. The molecule has 4 aromatic rings. The second kappa shape index (κ2) is 10.2. The minimum Gasteiger partial charge on any atom is -0.496 e.